The van der Waals surface area contributed by atoms with Gasteiger partial charge in [0.15, 0.2) is 11.5 Å². The first kappa shape index (κ1) is 22.4. The fourth-order valence-electron chi connectivity index (χ4n) is 3.76. The minimum atomic E-state index is -0.354. The molecular weight excluding hydrogens is 418 g/mol. The molecule has 1 aliphatic rings. The van der Waals surface area contributed by atoms with Crippen molar-refractivity contribution in [2.75, 3.05) is 18.7 Å². The van der Waals surface area contributed by atoms with E-state index in [0.29, 0.717) is 42.9 Å². The van der Waals surface area contributed by atoms with Crippen molar-refractivity contribution in [2.24, 2.45) is 0 Å². The lowest BCUT2D eigenvalue weighted by molar-refractivity contribution is -0.119. The number of ketones is 1. The fraction of sp³-hybridized carbons (Fsp3) is 0.259. The summed E-state index contributed by atoms with van der Waals surface area (Å²) in [5, 5.41) is 3.44. The molecule has 6 nitrogen and oxygen atoms in total. The van der Waals surface area contributed by atoms with E-state index in [-0.39, 0.29) is 24.6 Å². The number of benzene rings is 3. The molecule has 0 amide bonds. The summed E-state index contributed by atoms with van der Waals surface area (Å²) in [5.74, 6) is 1.19. The summed E-state index contributed by atoms with van der Waals surface area (Å²) in [7, 11) is 0. The maximum atomic E-state index is 12.9. The Bertz CT molecular complexity index is 1100. The molecule has 0 bridgehead atoms. The number of aryl methyl sites for hydroxylation is 1. The second kappa shape index (κ2) is 10.7. The molecule has 33 heavy (non-hydrogen) atoms. The second-order valence-electron chi connectivity index (χ2n) is 7.84. The third-order valence-electron chi connectivity index (χ3n) is 5.50. The summed E-state index contributed by atoms with van der Waals surface area (Å²) in [6, 6.07) is 22.6. The van der Waals surface area contributed by atoms with Crippen LogP contribution in [0, 0.1) is 0 Å². The normalized spacial score (nSPS) is 12.8. The van der Waals surface area contributed by atoms with Gasteiger partial charge < -0.3 is 19.5 Å². The van der Waals surface area contributed by atoms with Gasteiger partial charge in [-0.15, -0.1) is 0 Å². The van der Waals surface area contributed by atoms with Crippen molar-refractivity contribution in [2.45, 2.75) is 32.2 Å². The highest BCUT2D eigenvalue weighted by Gasteiger charge is 2.21. The number of carbonyl (C=O) groups is 2. The van der Waals surface area contributed by atoms with Gasteiger partial charge >= 0.3 is 5.97 Å². The molecule has 4 rings (SSSR count). The molecule has 0 saturated carbocycles. The van der Waals surface area contributed by atoms with Crippen LogP contribution in [0.2, 0.25) is 0 Å². The van der Waals surface area contributed by atoms with Gasteiger partial charge in [-0.1, -0.05) is 36.4 Å². The standard InChI is InChI=1S/C27H27NO5/c1-2-31-27(30)20-9-12-22(13-10-20)28-24(21-11-15-25-26(16-21)33-18-32-25)17-23(29)14-8-19-6-4-3-5-7-19/h3-7,9-13,15-16,24,28H,2,8,14,17-18H2,1H3. The molecule has 1 aliphatic heterocycles. The number of hydrogen-bond acceptors (Lipinski definition) is 6. The van der Waals surface area contributed by atoms with Crippen LogP contribution in [-0.4, -0.2) is 25.2 Å². The number of esters is 1. The summed E-state index contributed by atoms with van der Waals surface area (Å²) in [6.07, 6.45) is 1.50. The lowest BCUT2D eigenvalue weighted by Crippen LogP contribution is -2.16. The molecule has 1 N–H and O–H groups in total. The second-order valence-corrected chi connectivity index (χ2v) is 7.84. The lowest BCUT2D eigenvalue weighted by Gasteiger charge is -2.20. The third-order valence-corrected chi connectivity index (χ3v) is 5.50. The molecule has 3 aromatic carbocycles. The first-order valence-corrected chi connectivity index (χ1v) is 11.1. The molecule has 6 heteroatoms. The number of carbonyl (C=O) groups excluding carboxylic acids is 2. The highest BCUT2D eigenvalue weighted by molar-refractivity contribution is 5.89. The first-order valence-electron chi connectivity index (χ1n) is 11.1. The lowest BCUT2D eigenvalue weighted by atomic mass is 9.97. The monoisotopic (exact) mass is 445 g/mol. The van der Waals surface area contributed by atoms with E-state index >= 15 is 0 Å². The Kier molecular flexibility index (Phi) is 7.25. The van der Waals surface area contributed by atoms with Crippen LogP contribution in [0.5, 0.6) is 11.5 Å². The van der Waals surface area contributed by atoms with Gasteiger partial charge in [-0.25, -0.2) is 4.79 Å². The molecule has 0 aliphatic carbocycles. The van der Waals surface area contributed by atoms with Gasteiger partial charge in [0.2, 0.25) is 6.79 Å². The number of ether oxygens (including phenoxy) is 3. The van der Waals surface area contributed by atoms with E-state index in [1.165, 1.54) is 0 Å². The first-order chi connectivity index (χ1) is 16.1. The van der Waals surface area contributed by atoms with E-state index in [2.05, 4.69) is 5.32 Å². The minimum Gasteiger partial charge on any atom is -0.462 e. The van der Waals surface area contributed by atoms with Crippen LogP contribution in [0.3, 0.4) is 0 Å². The van der Waals surface area contributed by atoms with Gasteiger partial charge in [-0.2, -0.15) is 0 Å². The Morgan fingerprint density at radius 1 is 0.970 bits per heavy atom. The van der Waals surface area contributed by atoms with Gasteiger partial charge in [0.1, 0.15) is 5.78 Å². The van der Waals surface area contributed by atoms with Gasteiger partial charge in [0.25, 0.3) is 0 Å². The number of Topliss-reactive ketones (excluding diaryl/α,β-unsaturated/α-hetero) is 1. The van der Waals surface area contributed by atoms with Crippen LogP contribution >= 0.6 is 0 Å². The zero-order valence-electron chi connectivity index (χ0n) is 18.6. The van der Waals surface area contributed by atoms with Crippen molar-refractivity contribution in [3.05, 3.63) is 89.5 Å². The summed E-state index contributed by atoms with van der Waals surface area (Å²) in [5.41, 5.74) is 3.37. The van der Waals surface area contributed by atoms with Gasteiger partial charge in [-0.3, -0.25) is 4.79 Å². The minimum absolute atomic E-state index is 0.164. The van der Waals surface area contributed by atoms with E-state index < -0.39 is 0 Å². The van der Waals surface area contributed by atoms with Crippen molar-refractivity contribution >= 4 is 17.4 Å². The van der Waals surface area contributed by atoms with E-state index in [0.717, 1.165) is 16.8 Å². The topological polar surface area (TPSA) is 73.9 Å². The molecule has 0 saturated heterocycles. The van der Waals surface area contributed by atoms with Crippen LogP contribution in [-0.2, 0) is 16.0 Å². The Hall–Kier alpha value is -3.80. The fourth-order valence-corrected chi connectivity index (χ4v) is 3.76. The zero-order chi connectivity index (χ0) is 23.0. The van der Waals surface area contributed by atoms with Gasteiger partial charge in [-0.05, 0) is 60.9 Å². The van der Waals surface area contributed by atoms with Crippen LogP contribution < -0.4 is 14.8 Å². The average molecular weight is 446 g/mol. The Morgan fingerprint density at radius 3 is 2.48 bits per heavy atom. The summed E-state index contributed by atoms with van der Waals surface area (Å²) < 4.78 is 16.0. The molecule has 1 heterocycles. The molecule has 1 unspecified atom stereocenters. The van der Waals surface area contributed by atoms with E-state index in [9.17, 15) is 9.59 Å². The predicted octanol–water partition coefficient (Wildman–Crippen LogP) is 5.34. The predicted molar refractivity (Wildman–Crippen MR) is 126 cm³/mol. The van der Waals surface area contributed by atoms with E-state index in [1.807, 2.05) is 60.7 Å². The Morgan fingerprint density at radius 2 is 1.73 bits per heavy atom. The highest BCUT2D eigenvalue weighted by atomic mass is 16.7. The molecule has 1 atom stereocenters. The molecule has 0 aromatic heterocycles. The number of hydrogen-bond donors (Lipinski definition) is 1. The molecule has 3 aromatic rings. The van der Waals surface area contributed by atoms with E-state index in [4.69, 9.17) is 14.2 Å². The Balaban J connectivity index is 1.49. The number of anilines is 1. The van der Waals surface area contributed by atoms with Crippen LogP contribution in [0.4, 0.5) is 5.69 Å². The zero-order valence-corrected chi connectivity index (χ0v) is 18.6. The Labute approximate surface area is 193 Å². The third kappa shape index (κ3) is 5.92. The quantitative estimate of drug-likeness (QED) is 0.425. The van der Waals surface area contributed by atoms with Crippen LogP contribution in [0.1, 0.15) is 47.3 Å². The highest BCUT2D eigenvalue weighted by Crippen LogP contribution is 2.36. The largest absolute Gasteiger partial charge is 0.462 e. The summed E-state index contributed by atoms with van der Waals surface area (Å²) in [4.78, 5) is 24.8. The van der Waals surface area contributed by atoms with Gasteiger partial charge in [0, 0.05) is 18.5 Å². The summed E-state index contributed by atoms with van der Waals surface area (Å²) >= 11 is 0. The van der Waals surface area contributed by atoms with Crippen LogP contribution in [0.25, 0.3) is 0 Å². The molecule has 0 radical (unpaired) electrons. The van der Waals surface area contributed by atoms with Crippen LogP contribution in [0.15, 0.2) is 72.8 Å². The van der Waals surface area contributed by atoms with Crippen molar-refractivity contribution in [1.82, 2.24) is 0 Å². The number of nitrogens with one attached hydrogen (secondary N) is 1. The van der Waals surface area contributed by atoms with Crippen molar-refractivity contribution in [3.63, 3.8) is 0 Å². The molecular formula is C27H27NO5. The number of rotatable bonds is 10. The maximum absolute atomic E-state index is 12.9. The number of fused-ring (bicyclic) bond motifs is 1. The maximum Gasteiger partial charge on any atom is 0.338 e. The molecule has 0 fully saturated rings. The molecule has 0 spiro atoms. The van der Waals surface area contributed by atoms with Gasteiger partial charge in [0.05, 0.1) is 18.2 Å². The average Bonchev–Trinajstić information content (AvgIpc) is 3.32. The van der Waals surface area contributed by atoms with Crippen molar-refractivity contribution < 1.29 is 23.8 Å². The smallest absolute Gasteiger partial charge is 0.338 e. The van der Waals surface area contributed by atoms with Crippen molar-refractivity contribution in [3.8, 4) is 11.5 Å². The molecule has 170 valence electrons. The summed E-state index contributed by atoms with van der Waals surface area (Å²) in [6.45, 7) is 2.30. The van der Waals surface area contributed by atoms with E-state index in [1.54, 1.807) is 19.1 Å². The SMILES string of the molecule is CCOC(=O)c1ccc(NC(CC(=O)CCc2ccccc2)c2ccc3c(c2)OCO3)cc1. The van der Waals surface area contributed by atoms with Crippen molar-refractivity contribution in [1.29, 1.82) is 0 Å².